The molecule has 0 aliphatic rings. The van der Waals surface area contributed by atoms with E-state index in [2.05, 4.69) is 20.6 Å². The summed E-state index contributed by atoms with van der Waals surface area (Å²) in [5.74, 6) is 0.461. The highest BCUT2D eigenvalue weighted by atomic mass is 19.1. The Kier molecular flexibility index (Phi) is 5.76. The molecule has 1 amide bonds. The number of para-hydroxylation sites is 1. The second-order valence-electron chi connectivity index (χ2n) is 6.22. The summed E-state index contributed by atoms with van der Waals surface area (Å²) in [7, 11) is 0. The number of hydrogen-bond donors (Lipinski definition) is 2. The fraction of sp³-hybridized carbons (Fsp3) is 0.190. The zero-order chi connectivity index (χ0) is 19.2. The molecule has 0 saturated heterocycles. The Morgan fingerprint density at radius 3 is 2.56 bits per heavy atom. The fourth-order valence-corrected chi connectivity index (χ4v) is 2.70. The quantitative estimate of drug-likeness (QED) is 0.695. The standard InChI is InChI=1S/C21H21FN4O/c1-14-7-3-6-10-18(14)26-20-13-19(24-15(2)25-20)21(27)23-12-11-16-8-4-5-9-17(16)22/h3-10,13H,11-12H2,1-2H3,(H,23,27)(H,24,25,26). The van der Waals surface area contributed by atoms with Gasteiger partial charge in [-0.25, -0.2) is 14.4 Å². The molecule has 2 aromatic carbocycles. The number of nitrogens with one attached hydrogen (secondary N) is 2. The van der Waals surface area contributed by atoms with Crippen molar-refractivity contribution in [1.82, 2.24) is 15.3 Å². The molecule has 2 N–H and O–H groups in total. The number of carbonyl (C=O) groups excluding carboxylic acids is 1. The van der Waals surface area contributed by atoms with E-state index >= 15 is 0 Å². The van der Waals surface area contributed by atoms with Crippen LogP contribution in [0.4, 0.5) is 15.9 Å². The second kappa shape index (κ2) is 8.40. The van der Waals surface area contributed by atoms with Gasteiger partial charge in [-0.2, -0.15) is 0 Å². The first-order valence-corrected chi connectivity index (χ1v) is 8.73. The molecule has 27 heavy (non-hydrogen) atoms. The lowest BCUT2D eigenvalue weighted by Gasteiger charge is -2.11. The lowest BCUT2D eigenvalue weighted by molar-refractivity contribution is 0.0948. The molecule has 3 aromatic rings. The number of aromatic nitrogens is 2. The summed E-state index contributed by atoms with van der Waals surface area (Å²) in [5, 5.41) is 6.00. The number of halogens is 1. The molecule has 0 saturated carbocycles. The summed E-state index contributed by atoms with van der Waals surface area (Å²) in [4.78, 5) is 21.0. The Morgan fingerprint density at radius 2 is 1.78 bits per heavy atom. The van der Waals surface area contributed by atoms with Crippen molar-refractivity contribution in [1.29, 1.82) is 0 Å². The summed E-state index contributed by atoms with van der Waals surface area (Å²) in [5.41, 5.74) is 2.83. The number of anilines is 2. The van der Waals surface area contributed by atoms with Gasteiger partial charge in [0.25, 0.3) is 5.91 Å². The highest BCUT2D eigenvalue weighted by Crippen LogP contribution is 2.19. The van der Waals surface area contributed by atoms with Crippen LogP contribution in [0.2, 0.25) is 0 Å². The molecule has 138 valence electrons. The van der Waals surface area contributed by atoms with Crippen molar-refractivity contribution in [3.63, 3.8) is 0 Å². The molecule has 6 heteroatoms. The molecule has 5 nitrogen and oxygen atoms in total. The SMILES string of the molecule is Cc1nc(Nc2ccccc2C)cc(C(=O)NCCc2ccccc2F)n1. The van der Waals surface area contributed by atoms with Crippen molar-refractivity contribution in [2.75, 3.05) is 11.9 Å². The van der Waals surface area contributed by atoms with Crippen molar-refractivity contribution in [2.45, 2.75) is 20.3 Å². The van der Waals surface area contributed by atoms with Crippen molar-refractivity contribution in [2.24, 2.45) is 0 Å². The Hall–Kier alpha value is -3.28. The van der Waals surface area contributed by atoms with Crippen LogP contribution >= 0.6 is 0 Å². The van der Waals surface area contributed by atoms with E-state index in [0.717, 1.165) is 11.3 Å². The van der Waals surface area contributed by atoms with Gasteiger partial charge in [-0.05, 0) is 43.5 Å². The monoisotopic (exact) mass is 364 g/mol. The molecule has 0 bridgehead atoms. The molecule has 0 spiro atoms. The minimum Gasteiger partial charge on any atom is -0.350 e. The minimum atomic E-state index is -0.315. The van der Waals surface area contributed by atoms with Crippen LogP contribution in [0.1, 0.15) is 27.4 Å². The van der Waals surface area contributed by atoms with E-state index in [1.807, 2.05) is 31.2 Å². The van der Waals surface area contributed by atoms with Crippen LogP contribution < -0.4 is 10.6 Å². The Bertz CT molecular complexity index is 958. The highest BCUT2D eigenvalue weighted by Gasteiger charge is 2.11. The van der Waals surface area contributed by atoms with Gasteiger partial charge in [0.15, 0.2) is 0 Å². The van der Waals surface area contributed by atoms with Crippen LogP contribution in [0.3, 0.4) is 0 Å². The van der Waals surface area contributed by atoms with Gasteiger partial charge in [-0.1, -0.05) is 36.4 Å². The summed E-state index contributed by atoms with van der Waals surface area (Å²) in [6.45, 7) is 4.05. The Morgan fingerprint density at radius 1 is 1.04 bits per heavy atom. The molecular formula is C21H21FN4O. The zero-order valence-corrected chi connectivity index (χ0v) is 15.3. The first-order chi connectivity index (χ1) is 13.0. The maximum atomic E-state index is 13.6. The number of hydrogen-bond acceptors (Lipinski definition) is 4. The average molecular weight is 364 g/mol. The van der Waals surface area contributed by atoms with Gasteiger partial charge >= 0.3 is 0 Å². The minimum absolute atomic E-state index is 0.269. The number of aryl methyl sites for hydroxylation is 2. The van der Waals surface area contributed by atoms with Crippen LogP contribution in [0.15, 0.2) is 54.6 Å². The van der Waals surface area contributed by atoms with Crippen molar-refractivity contribution in [3.05, 3.63) is 83.1 Å². The second-order valence-corrected chi connectivity index (χ2v) is 6.22. The Balaban J connectivity index is 1.67. The number of amides is 1. The summed E-state index contributed by atoms with van der Waals surface area (Å²) < 4.78 is 13.6. The third-order valence-electron chi connectivity index (χ3n) is 4.12. The Labute approximate surface area is 157 Å². The van der Waals surface area contributed by atoms with Gasteiger partial charge in [0.1, 0.15) is 23.2 Å². The maximum absolute atomic E-state index is 13.6. The summed E-state index contributed by atoms with van der Waals surface area (Å²) >= 11 is 0. The largest absolute Gasteiger partial charge is 0.350 e. The molecule has 3 rings (SSSR count). The van der Waals surface area contributed by atoms with Crippen LogP contribution in [-0.4, -0.2) is 22.4 Å². The first kappa shape index (κ1) is 18.5. The van der Waals surface area contributed by atoms with Gasteiger partial charge in [0, 0.05) is 18.3 Å². The van der Waals surface area contributed by atoms with Crippen molar-refractivity contribution < 1.29 is 9.18 Å². The van der Waals surface area contributed by atoms with E-state index in [4.69, 9.17) is 0 Å². The van der Waals surface area contributed by atoms with Crippen molar-refractivity contribution >= 4 is 17.4 Å². The number of benzene rings is 2. The molecule has 0 atom stereocenters. The van der Waals surface area contributed by atoms with Gasteiger partial charge in [0.05, 0.1) is 0 Å². The van der Waals surface area contributed by atoms with Crippen LogP contribution in [0, 0.1) is 19.7 Å². The smallest absolute Gasteiger partial charge is 0.270 e. The molecule has 1 aromatic heterocycles. The first-order valence-electron chi connectivity index (χ1n) is 8.73. The maximum Gasteiger partial charge on any atom is 0.270 e. The fourth-order valence-electron chi connectivity index (χ4n) is 2.70. The zero-order valence-electron chi connectivity index (χ0n) is 15.3. The lowest BCUT2D eigenvalue weighted by Crippen LogP contribution is -2.27. The van der Waals surface area contributed by atoms with Gasteiger partial charge in [-0.15, -0.1) is 0 Å². The van der Waals surface area contributed by atoms with E-state index in [9.17, 15) is 9.18 Å². The van der Waals surface area contributed by atoms with Crippen LogP contribution in [0.25, 0.3) is 0 Å². The van der Waals surface area contributed by atoms with E-state index in [1.54, 1.807) is 31.2 Å². The van der Waals surface area contributed by atoms with Gasteiger partial charge < -0.3 is 10.6 Å². The molecule has 0 aliphatic carbocycles. The number of rotatable bonds is 6. The average Bonchev–Trinajstić information content (AvgIpc) is 2.64. The molecular weight excluding hydrogens is 343 g/mol. The van der Waals surface area contributed by atoms with Crippen molar-refractivity contribution in [3.8, 4) is 0 Å². The summed E-state index contributed by atoms with van der Waals surface area (Å²) in [6, 6.07) is 16.0. The molecule has 0 radical (unpaired) electrons. The molecule has 0 unspecified atom stereocenters. The third kappa shape index (κ3) is 4.88. The van der Waals surface area contributed by atoms with E-state index in [-0.39, 0.29) is 17.4 Å². The normalized spacial score (nSPS) is 10.5. The van der Waals surface area contributed by atoms with Gasteiger partial charge in [0.2, 0.25) is 0 Å². The number of nitrogens with zero attached hydrogens (tertiary/aromatic N) is 2. The molecule has 0 fully saturated rings. The predicted octanol–water partition coefficient (Wildman–Crippen LogP) is 3.95. The van der Waals surface area contributed by atoms with Gasteiger partial charge in [-0.3, -0.25) is 4.79 Å². The topological polar surface area (TPSA) is 66.9 Å². The highest BCUT2D eigenvalue weighted by molar-refractivity contribution is 5.93. The van der Waals surface area contributed by atoms with E-state index in [0.29, 0.717) is 30.2 Å². The lowest BCUT2D eigenvalue weighted by atomic mass is 10.1. The summed E-state index contributed by atoms with van der Waals surface area (Å²) in [6.07, 6.45) is 0.413. The third-order valence-corrected chi connectivity index (χ3v) is 4.12. The molecule has 0 aliphatic heterocycles. The van der Waals surface area contributed by atoms with E-state index < -0.39 is 0 Å². The van der Waals surface area contributed by atoms with Crippen LogP contribution in [0.5, 0.6) is 0 Å². The molecule has 1 heterocycles. The van der Waals surface area contributed by atoms with E-state index in [1.165, 1.54) is 6.07 Å². The number of carbonyl (C=O) groups is 1. The van der Waals surface area contributed by atoms with Crippen LogP contribution in [-0.2, 0) is 6.42 Å². The predicted molar refractivity (Wildman–Crippen MR) is 104 cm³/mol.